The fourth-order valence-corrected chi connectivity index (χ4v) is 9.59. The number of aliphatic hydroxyl groups is 2. The number of hydrogen-bond donors (Lipinski definition) is 2. The highest BCUT2D eigenvalue weighted by atomic mass is 19.1. The highest BCUT2D eigenvalue weighted by Gasteiger charge is 2.65. The normalized spacial score (nSPS) is 23.1. The molecule has 4 aromatic carbocycles. The maximum Gasteiger partial charge on any atom is 0.410 e. The highest BCUT2D eigenvalue weighted by Crippen LogP contribution is 2.62. The molecule has 334 valence electrons. The molecule has 0 radical (unpaired) electrons. The van der Waals surface area contributed by atoms with Crippen molar-refractivity contribution in [2.45, 2.75) is 95.6 Å². The van der Waals surface area contributed by atoms with Gasteiger partial charge in [0.25, 0.3) is 0 Å². The number of fused-ring (bicyclic) bond motifs is 2. The van der Waals surface area contributed by atoms with Gasteiger partial charge in [0.15, 0.2) is 0 Å². The van der Waals surface area contributed by atoms with Crippen LogP contribution < -0.4 is 9.47 Å². The van der Waals surface area contributed by atoms with Crippen LogP contribution in [0.25, 0.3) is 11.1 Å². The zero-order valence-electron chi connectivity index (χ0n) is 36.9. The molecule has 10 nitrogen and oxygen atoms in total. The second kappa shape index (κ2) is 20.3. The lowest BCUT2D eigenvalue weighted by atomic mass is 9.55. The minimum Gasteiger partial charge on any atom is -0.459 e. The second-order valence-corrected chi connectivity index (χ2v) is 17.7. The van der Waals surface area contributed by atoms with Crippen LogP contribution in [0.4, 0.5) is 9.18 Å². The minimum absolute atomic E-state index is 0.0194. The predicted molar refractivity (Wildman–Crippen MR) is 242 cm³/mol. The van der Waals surface area contributed by atoms with Gasteiger partial charge in [0.05, 0.1) is 25.3 Å². The molecule has 2 aliphatic carbocycles. The first kappa shape index (κ1) is 45.5. The molecule has 1 amide bonds. The number of hydrogen-bond acceptors (Lipinski definition) is 9. The van der Waals surface area contributed by atoms with Crippen molar-refractivity contribution in [3.63, 3.8) is 0 Å². The number of unbranched alkanes of at least 4 members (excludes halogenated alkanes) is 2. The first-order chi connectivity index (χ1) is 30.5. The van der Waals surface area contributed by atoms with E-state index in [1.165, 1.54) is 19.2 Å². The first-order valence-electron chi connectivity index (χ1n) is 22.2. The zero-order valence-corrected chi connectivity index (χ0v) is 36.9. The van der Waals surface area contributed by atoms with E-state index >= 15 is 0 Å². The summed E-state index contributed by atoms with van der Waals surface area (Å²) in [5.41, 5.74) is 4.76. The molecule has 2 N–H and O–H groups in total. The van der Waals surface area contributed by atoms with E-state index in [1.807, 2.05) is 75.4 Å². The van der Waals surface area contributed by atoms with E-state index in [4.69, 9.17) is 28.9 Å². The van der Waals surface area contributed by atoms with Gasteiger partial charge < -0.3 is 34.0 Å². The topological polar surface area (TPSA) is 119 Å². The number of carbonyl (C=O) groups excluding carboxylic acids is 1. The van der Waals surface area contributed by atoms with Crippen LogP contribution in [0.1, 0.15) is 82.8 Å². The Morgan fingerprint density at radius 1 is 0.921 bits per heavy atom. The molecule has 1 heterocycles. The fourth-order valence-electron chi connectivity index (χ4n) is 9.59. The Labute approximate surface area is 371 Å². The molecule has 3 aliphatic rings. The number of methoxy groups -OCH3 is 1. The van der Waals surface area contributed by atoms with Crippen LogP contribution in [-0.4, -0.2) is 71.3 Å². The van der Waals surface area contributed by atoms with Gasteiger partial charge in [-0.05, 0) is 123 Å². The molecule has 0 spiro atoms. The average molecular weight is 861 g/mol. The van der Waals surface area contributed by atoms with Crippen molar-refractivity contribution in [2.24, 2.45) is 22.9 Å². The molecular weight excluding hydrogens is 800 g/mol. The van der Waals surface area contributed by atoms with E-state index in [2.05, 4.69) is 30.9 Å². The van der Waals surface area contributed by atoms with Crippen molar-refractivity contribution in [1.29, 1.82) is 0 Å². The Morgan fingerprint density at radius 2 is 1.60 bits per heavy atom. The molecule has 4 aromatic rings. The number of benzene rings is 4. The Kier molecular flexibility index (Phi) is 14.7. The third-order valence-electron chi connectivity index (χ3n) is 12.3. The number of ether oxygens (including phenoxy) is 4. The van der Waals surface area contributed by atoms with Crippen molar-refractivity contribution in [2.75, 3.05) is 26.9 Å². The van der Waals surface area contributed by atoms with Crippen molar-refractivity contribution in [1.82, 2.24) is 4.90 Å². The van der Waals surface area contributed by atoms with E-state index in [1.54, 1.807) is 23.1 Å². The van der Waals surface area contributed by atoms with Gasteiger partial charge in [-0.3, -0.25) is 4.90 Å². The number of nitrogens with zero attached hydrogens (tertiary/aromatic N) is 2. The largest absolute Gasteiger partial charge is 0.459 e. The molecule has 1 saturated carbocycles. The van der Waals surface area contributed by atoms with E-state index in [0.717, 1.165) is 47.9 Å². The van der Waals surface area contributed by atoms with Gasteiger partial charge in [0.1, 0.15) is 34.7 Å². The second-order valence-electron chi connectivity index (χ2n) is 17.7. The van der Waals surface area contributed by atoms with Gasteiger partial charge in [0.2, 0.25) is 5.79 Å². The molecule has 0 unspecified atom stereocenters. The summed E-state index contributed by atoms with van der Waals surface area (Å²) < 4.78 is 40.7. The maximum atomic E-state index is 14.2. The van der Waals surface area contributed by atoms with Gasteiger partial charge in [-0.25, -0.2) is 9.18 Å². The summed E-state index contributed by atoms with van der Waals surface area (Å²) in [5.74, 6) is -0.680. The third-order valence-corrected chi connectivity index (χ3v) is 12.3. The molecule has 0 saturated heterocycles. The molecular formula is C52H61FN2O8. The summed E-state index contributed by atoms with van der Waals surface area (Å²) >= 11 is 0. The molecule has 6 atom stereocenters. The number of rotatable bonds is 18. The van der Waals surface area contributed by atoms with Crippen molar-refractivity contribution < 1.29 is 43.2 Å². The molecule has 7 rings (SSSR count). The van der Waals surface area contributed by atoms with E-state index in [0.29, 0.717) is 41.4 Å². The minimum atomic E-state index is -1.49. The number of amides is 1. The zero-order chi connectivity index (χ0) is 44.6. The number of aliphatic hydroxyl groups excluding tert-OH is 2. The van der Waals surface area contributed by atoms with E-state index in [9.17, 15) is 19.4 Å². The molecule has 1 aliphatic heterocycles. The monoisotopic (exact) mass is 860 g/mol. The van der Waals surface area contributed by atoms with Crippen LogP contribution in [-0.2, 0) is 20.9 Å². The first-order valence-corrected chi connectivity index (χ1v) is 22.2. The van der Waals surface area contributed by atoms with Crippen LogP contribution in [0.2, 0.25) is 0 Å². The SMILES string of the molecule is C=CCO[C@@]12Oc3ccc(Oc4ccc(-c5ccccc5)cc4)cc3[C@H]3[C@H](CCCCO)[C@@H](CCCCO)C=C(C(=NOC(C)(C)C)C[C@@H]1N(Cc1ccc(F)cc1)C(=O)OC)[C@H]32. The lowest BCUT2D eigenvalue weighted by Crippen LogP contribution is -2.70. The quantitative estimate of drug-likeness (QED) is 0.0577. The highest BCUT2D eigenvalue weighted by molar-refractivity contribution is 6.03. The number of halogens is 1. The van der Waals surface area contributed by atoms with Gasteiger partial charge >= 0.3 is 6.09 Å². The Hall–Kier alpha value is -5.49. The van der Waals surface area contributed by atoms with Gasteiger partial charge in [-0.2, -0.15) is 0 Å². The van der Waals surface area contributed by atoms with Gasteiger partial charge in [0, 0.05) is 37.7 Å². The smallest absolute Gasteiger partial charge is 0.410 e. The van der Waals surface area contributed by atoms with Crippen molar-refractivity contribution >= 4 is 11.8 Å². The number of carbonyl (C=O) groups is 1. The van der Waals surface area contributed by atoms with Crippen LogP contribution >= 0.6 is 0 Å². The molecule has 1 fully saturated rings. The predicted octanol–water partition coefficient (Wildman–Crippen LogP) is 11.0. The van der Waals surface area contributed by atoms with Gasteiger partial charge in [-0.15, -0.1) is 6.58 Å². The lowest BCUT2D eigenvalue weighted by Gasteiger charge is -2.59. The summed E-state index contributed by atoms with van der Waals surface area (Å²) in [5, 5.41) is 24.8. The molecule has 11 heteroatoms. The maximum absolute atomic E-state index is 14.2. The standard InChI is InChI=1S/C52H61FN2O8/c1-6-30-60-52-47(55(50(58)59-5)34-35-18-22-39(53)23-19-35)33-45(54-63-51(2,3)4)43-31-38(16-10-12-28-56)42(17-11-13-29-57)48(49(43)52)44-32-41(26-27-46(44)62-52)61-40-24-20-37(21-25-40)36-14-8-7-9-15-36/h6-9,14-15,18-27,31-32,38,42,47-49,56-57H,1,10-13,16-17,28-30,33-34H2,2-5H3/t38-,42+,47-,48+,49+,52+/m0/s1. The van der Waals surface area contributed by atoms with Crippen LogP contribution in [0.15, 0.2) is 127 Å². The Morgan fingerprint density at radius 3 is 2.27 bits per heavy atom. The number of oxime groups is 1. The van der Waals surface area contributed by atoms with Gasteiger partial charge in [-0.1, -0.05) is 84.7 Å². The lowest BCUT2D eigenvalue weighted by molar-refractivity contribution is -0.256. The Balaban J connectivity index is 1.42. The van der Waals surface area contributed by atoms with Crippen molar-refractivity contribution in [3.05, 3.63) is 138 Å². The number of allylic oxidation sites excluding steroid dienone is 1. The van der Waals surface area contributed by atoms with E-state index in [-0.39, 0.29) is 56.4 Å². The van der Waals surface area contributed by atoms with Crippen LogP contribution in [0.5, 0.6) is 17.2 Å². The summed E-state index contributed by atoms with van der Waals surface area (Å²) in [6, 6.07) is 29.3. The Bertz CT molecular complexity index is 2220. The average Bonchev–Trinajstić information content (AvgIpc) is 3.28. The van der Waals surface area contributed by atoms with Crippen molar-refractivity contribution in [3.8, 4) is 28.4 Å². The summed E-state index contributed by atoms with van der Waals surface area (Å²) in [6.45, 7) is 10.2. The van der Waals surface area contributed by atoms with Crippen LogP contribution in [0, 0.1) is 23.6 Å². The summed E-state index contributed by atoms with van der Waals surface area (Å²) in [4.78, 5) is 22.0. The molecule has 0 aromatic heterocycles. The van der Waals surface area contributed by atoms with Crippen LogP contribution in [0.3, 0.4) is 0 Å². The third kappa shape index (κ3) is 10.3. The molecule has 63 heavy (non-hydrogen) atoms. The van der Waals surface area contributed by atoms with E-state index < -0.39 is 29.4 Å². The summed E-state index contributed by atoms with van der Waals surface area (Å²) in [7, 11) is 1.34. The fraction of sp³-hybridized carbons (Fsp3) is 0.423. The molecule has 0 bridgehead atoms. The summed E-state index contributed by atoms with van der Waals surface area (Å²) in [6.07, 6.45) is 8.05.